The number of benzene rings is 3. The molecule has 2 N–H and O–H groups in total. The van der Waals surface area contributed by atoms with Crippen molar-refractivity contribution in [3.63, 3.8) is 0 Å². The Kier molecular flexibility index (Phi) is 9.29. The lowest BCUT2D eigenvalue weighted by molar-refractivity contribution is -0.127. The molecule has 0 atom stereocenters. The van der Waals surface area contributed by atoms with E-state index in [4.69, 9.17) is 16.3 Å². The molecular weight excluding hydrogens is 550 g/mol. The number of rotatable bonds is 9. The smallest absolute Gasteiger partial charge is 0.294 e. The van der Waals surface area contributed by atoms with Gasteiger partial charge in [0.2, 0.25) is 5.91 Å². The van der Waals surface area contributed by atoms with Crippen LogP contribution in [-0.2, 0) is 14.4 Å². The fraction of sp³-hybridized carbons (Fsp3) is 0.200. The maximum absolute atomic E-state index is 12.8. The molecule has 0 aromatic heterocycles. The van der Waals surface area contributed by atoms with Crippen LogP contribution in [0.1, 0.15) is 36.5 Å². The number of hydrogen-bond acceptors (Lipinski definition) is 6. The van der Waals surface area contributed by atoms with E-state index in [2.05, 4.69) is 24.5 Å². The van der Waals surface area contributed by atoms with E-state index < -0.39 is 23.6 Å². The van der Waals surface area contributed by atoms with E-state index in [0.717, 1.165) is 33.5 Å². The first-order valence-corrected chi connectivity index (χ1v) is 13.7. The fourth-order valence-corrected chi connectivity index (χ4v) is 4.93. The number of para-hydroxylation sites is 1. The molecule has 0 spiro atoms. The third kappa shape index (κ3) is 7.31. The molecule has 8 nitrogen and oxygen atoms in total. The molecule has 4 rings (SSSR count). The summed E-state index contributed by atoms with van der Waals surface area (Å²) >= 11 is 6.85. The second kappa shape index (κ2) is 12.8. The lowest BCUT2D eigenvalue weighted by Crippen LogP contribution is -2.36. The first kappa shape index (κ1) is 28.9. The van der Waals surface area contributed by atoms with Crippen LogP contribution in [0.3, 0.4) is 0 Å². The predicted molar refractivity (Wildman–Crippen MR) is 159 cm³/mol. The van der Waals surface area contributed by atoms with Gasteiger partial charge in [0.1, 0.15) is 12.3 Å². The molecule has 1 aliphatic rings. The van der Waals surface area contributed by atoms with Gasteiger partial charge in [0, 0.05) is 16.4 Å². The normalized spacial score (nSPS) is 14.1. The van der Waals surface area contributed by atoms with E-state index in [0.29, 0.717) is 22.0 Å². The van der Waals surface area contributed by atoms with Crippen molar-refractivity contribution in [1.29, 1.82) is 0 Å². The molecule has 0 aliphatic carbocycles. The summed E-state index contributed by atoms with van der Waals surface area (Å²) in [6.45, 7) is 5.38. The average molecular weight is 578 g/mol. The van der Waals surface area contributed by atoms with Crippen molar-refractivity contribution in [2.75, 3.05) is 23.8 Å². The van der Waals surface area contributed by atoms with Gasteiger partial charge in [-0.2, -0.15) is 0 Å². The molecule has 3 aromatic rings. The molecule has 0 saturated carbocycles. The lowest BCUT2D eigenvalue weighted by atomic mass is 10.0. The van der Waals surface area contributed by atoms with Crippen molar-refractivity contribution in [1.82, 2.24) is 4.90 Å². The van der Waals surface area contributed by atoms with Crippen molar-refractivity contribution >= 4 is 63.8 Å². The third-order valence-electron chi connectivity index (χ3n) is 6.04. The van der Waals surface area contributed by atoms with E-state index in [1.165, 1.54) is 0 Å². The SMILES string of the molecule is Cc1ccc(NC(=O)CN2C(=O)S/C(=C/c3ccc(OCC(=O)Nc4ccccc4C(C)C)cc3)C2=O)cc1Cl. The Balaban J connectivity index is 1.31. The molecule has 1 heterocycles. The number of carbonyl (C=O) groups excluding carboxylic acids is 4. The summed E-state index contributed by atoms with van der Waals surface area (Å²) in [6, 6.07) is 19.5. The van der Waals surface area contributed by atoms with Crippen molar-refractivity contribution in [3.05, 3.63) is 93.3 Å². The van der Waals surface area contributed by atoms with E-state index in [-0.39, 0.29) is 23.3 Å². The van der Waals surface area contributed by atoms with Crippen LogP contribution < -0.4 is 15.4 Å². The Morgan fingerprint density at radius 3 is 2.42 bits per heavy atom. The van der Waals surface area contributed by atoms with Crippen LogP contribution >= 0.6 is 23.4 Å². The third-order valence-corrected chi connectivity index (χ3v) is 7.35. The van der Waals surface area contributed by atoms with Crippen LogP contribution in [0.25, 0.3) is 6.08 Å². The zero-order chi connectivity index (χ0) is 28.8. The predicted octanol–water partition coefficient (Wildman–Crippen LogP) is 6.46. The minimum atomic E-state index is -0.550. The van der Waals surface area contributed by atoms with Crippen LogP contribution in [0.2, 0.25) is 5.02 Å². The molecule has 0 unspecified atom stereocenters. The van der Waals surface area contributed by atoms with Gasteiger partial charge in [-0.05, 0) is 77.7 Å². The number of nitrogens with zero attached hydrogens (tertiary/aromatic N) is 1. The highest BCUT2D eigenvalue weighted by molar-refractivity contribution is 8.18. The van der Waals surface area contributed by atoms with Crippen LogP contribution in [-0.4, -0.2) is 41.0 Å². The topological polar surface area (TPSA) is 105 Å². The Morgan fingerprint density at radius 1 is 1.00 bits per heavy atom. The molecule has 40 heavy (non-hydrogen) atoms. The Bertz CT molecular complexity index is 1490. The van der Waals surface area contributed by atoms with Gasteiger partial charge in [-0.3, -0.25) is 24.1 Å². The van der Waals surface area contributed by atoms with Crippen LogP contribution in [0.15, 0.2) is 71.6 Å². The van der Waals surface area contributed by atoms with Crippen molar-refractivity contribution in [2.45, 2.75) is 26.7 Å². The summed E-state index contributed by atoms with van der Waals surface area (Å²) < 4.78 is 5.61. The molecular formula is C30H28ClN3O5S. The van der Waals surface area contributed by atoms with Gasteiger partial charge >= 0.3 is 0 Å². The monoisotopic (exact) mass is 577 g/mol. The number of nitrogens with one attached hydrogen (secondary N) is 2. The summed E-state index contributed by atoms with van der Waals surface area (Å²) in [7, 11) is 0. The molecule has 10 heteroatoms. The summed E-state index contributed by atoms with van der Waals surface area (Å²) in [4.78, 5) is 51.2. The van der Waals surface area contributed by atoms with Gasteiger partial charge in [0.15, 0.2) is 6.61 Å². The highest BCUT2D eigenvalue weighted by Gasteiger charge is 2.36. The lowest BCUT2D eigenvalue weighted by Gasteiger charge is -2.14. The van der Waals surface area contributed by atoms with Gasteiger partial charge in [-0.15, -0.1) is 0 Å². The van der Waals surface area contributed by atoms with Crippen LogP contribution in [0.4, 0.5) is 16.2 Å². The van der Waals surface area contributed by atoms with Gasteiger partial charge in [-0.25, -0.2) is 0 Å². The number of halogens is 1. The van der Waals surface area contributed by atoms with Crippen molar-refractivity contribution < 1.29 is 23.9 Å². The Labute approximate surface area is 241 Å². The van der Waals surface area contributed by atoms with Crippen molar-refractivity contribution in [3.8, 4) is 5.75 Å². The Hall–Kier alpha value is -4.08. The number of carbonyl (C=O) groups is 4. The highest BCUT2D eigenvalue weighted by atomic mass is 35.5. The fourth-order valence-electron chi connectivity index (χ4n) is 3.91. The number of anilines is 2. The zero-order valence-corrected chi connectivity index (χ0v) is 23.8. The van der Waals surface area contributed by atoms with E-state index in [1.54, 1.807) is 48.5 Å². The maximum atomic E-state index is 12.8. The highest BCUT2D eigenvalue weighted by Crippen LogP contribution is 2.32. The number of hydrogen-bond donors (Lipinski definition) is 2. The average Bonchev–Trinajstić information content (AvgIpc) is 3.17. The number of aryl methyl sites for hydroxylation is 1. The summed E-state index contributed by atoms with van der Waals surface area (Å²) in [5, 5.41) is 5.50. The number of imide groups is 1. The van der Waals surface area contributed by atoms with Gasteiger partial charge < -0.3 is 15.4 Å². The zero-order valence-electron chi connectivity index (χ0n) is 22.2. The van der Waals surface area contributed by atoms with Gasteiger partial charge in [0.25, 0.3) is 17.1 Å². The van der Waals surface area contributed by atoms with E-state index >= 15 is 0 Å². The molecule has 0 radical (unpaired) electrons. The maximum Gasteiger partial charge on any atom is 0.294 e. The number of ether oxygens (including phenoxy) is 1. The summed E-state index contributed by atoms with van der Waals surface area (Å²) in [6.07, 6.45) is 1.57. The largest absolute Gasteiger partial charge is 0.484 e. The number of amides is 4. The van der Waals surface area contributed by atoms with Crippen LogP contribution in [0, 0.1) is 6.92 Å². The molecule has 206 valence electrons. The molecule has 1 saturated heterocycles. The van der Waals surface area contributed by atoms with E-state index in [1.807, 2.05) is 31.2 Å². The van der Waals surface area contributed by atoms with Crippen LogP contribution in [0.5, 0.6) is 5.75 Å². The summed E-state index contributed by atoms with van der Waals surface area (Å²) in [5.74, 6) is -0.597. The molecule has 0 bridgehead atoms. The molecule has 3 aromatic carbocycles. The number of thioether (sulfide) groups is 1. The van der Waals surface area contributed by atoms with Gasteiger partial charge in [-0.1, -0.05) is 61.8 Å². The molecule has 4 amide bonds. The molecule has 1 aliphatic heterocycles. The minimum Gasteiger partial charge on any atom is -0.484 e. The Morgan fingerprint density at radius 2 is 1.73 bits per heavy atom. The first-order chi connectivity index (χ1) is 19.1. The second-order valence-corrected chi connectivity index (χ2v) is 10.8. The first-order valence-electron chi connectivity index (χ1n) is 12.5. The second-order valence-electron chi connectivity index (χ2n) is 9.43. The molecule has 1 fully saturated rings. The van der Waals surface area contributed by atoms with Gasteiger partial charge in [0.05, 0.1) is 4.91 Å². The van der Waals surface area contributed by atoms with Crippen molar-refractivity contribution in [2.24, 2.45) is 0 Å². The summed E-state index contributed by atoms with van der Waals surface area (Å²) in [5.41, 5.74) is 3.80. The quantitative estimate of drug-likeness (QED) is 0.283. The minimum absolute atomic E-state index is 0.165. The standard InChI is InChI=1S/C30H28ClN3O5S/c1-18(2)23-6-4-5-7-25(23)33-28(36)17-39-22-12-9-20(10-13-22)14-26-29(37)34(30(38)40-26)16-27(35)32-21-11-8-19(3)24(31)15-21/h4-15,18H,16-17H2,1-3H3,(H,32,35)(H,33,36)/b26-14+. The van der Waals surface area contributed by atoms with E-state index in [9.17, 15) is 19.2 Å².